The summed E-state index contributed by atoms with van der Waals surface area (Å²) in [6.07, 6.45) is -0.501. The number of ether oxygens (including phenoxy) is 1. The Labute approximate surface area is 130 Å². The first-order valence-corrected chi connectivity index (χ1v) is 7.78. The van der Waals surface area contributed by atoms with Crippen molar-refractivity contribution >= 4 is 21.8 Å². The van der Waals surface area contributed by atoms with Gasteiger partial charge < -0.3 is 9.64 Å². The topological polar surface area (TPSA) is 29.5 Å². The van der Waals surface area contributed by atoms with Gasteiger partial charge in [0.2, 0.25) is 0 Å². The molecule has 0 aliphatic carbocycles. The third kappa shape index (κ3) is 4.23. The molecule has 3 nitrogen and oxygen atoms in total. The molecule has 0 saturated heterocycles. The molecule has 0 radical (unpaired) electrons. The van der Waals surface area contributed by atoms with E-state index < -0.39 is 6.10 Å². The van der Waals surface area contributed by atoms with Crippen LogP contribution in [-0.4, -0.2) is 29.0 Å². The molecule has 1 atom stereocenters. The predicted octanol–water partition coefficient (Wildman–Crippen LogP) is 4.17. The van der Waals surface area contributed by atoms with Gasteiger partial charge in [-0.15, -0.1) is 0 Å². The minimum atomic E-state index is -0.501. The lowest BCUT2D eigenvalue weighted by Gasteiger charge is -2.33. The summed E-state index contributed by atoms with van der Waals surface area (Å²) in [6.45, 7) is 11.9. The second kappa shape index (κ2) is 7.11. The van der Waals surface area contributed by atoms with Crippen molar-refractivity contribution in [2.24, 2.45) is 0 Å². The van der Waals surface area contributed by atoms with Gasteiger partial charge >= 0.3 is 0 Å². The number of rotatable bonds is 5. The monoisotopic (exact) mass is 341 g/mol. The van der Waals surface area contributed by atoms with Crippen molar-refractivity contribution < 1.29 is 9.53 Å². The zero-order valence-electron chi connectivity index (χ0n) is 13.1. The quantitative estimate of drug-likeness (QED) is 0.804. The van der Waals surface area contributed by atoms with Crippen molar-refractivity contribution in [3.05, 3.63) is 28.2 Å². The molecule has 0 spiro atoms. The molecule has 0 bridgehead atoms. The molecule has 0 aliphatic rings. The van der Waals surface area contributed by atoms with E-state index in [0.29, 0.717) is 5.75 Å². The smallest absolute Gasteiger partial charge is 0.263 e. The maximum absolute atomic E-state index is 12.5. The number of hydrogen-bond donors (Lipinski definition) is 0. The molecule has 1 rings (SSSR count). The van der Waals surface area contributed by atoms with Gasteiger partial charge in [0.1, 0.15) is 5.75 Å². The van der Waals surface area contributed by atoms with Gasteiger partial charge in [0.25, 0.3) is 5.91 Å². The van der Waals surface area contributed by atoms with E-state index in [1.165, 1.54) is 0 Å². The number of benzene rings is 1. The SMILES string of the molecule is Cc1ccc(OC(C)C(=O)N(C(C)C)C(C)C)c(Br)c1. The minimum absolute atomic E-state index is 0.0162. The van der Waals surface area contributed by atoms with Gasteiger partial charge in [-0.1, -0.05) is 6.07 Å². The fourth-order valence-electron chi connectivity index (χ4n) is 2.26. The maximum Gasteiger partial charge on any atom is 0.263 e. The van der Waals surface area contributed by atoms with Gasteiger partial charge in [0.15, 0.2) is 6.10 Å². The third-order valence-electron chi connectivity index (χ3n) is 3.11. The Morgan fingerprint density at radius 3 is 2.15 bits per heavy atom. The molecule has 1 amide bonds. The summed E-state index contributed by atoms with van der Waals surface area (Å²) in [7, 11) is 0. The van der Waals surface area contributed by atoms with Crippen molar-refractivity contribution in [2.45, 2.75) is 59.7 Å². The highest BCUT2D eigenvalue weighted by Crippen LogP contribution is 2.27. The molecular formula is C16H24BrNO2. The molecule has 0 fully saturated rings. The average Bonchev–Trinajstić information content (AvgIpc) is 2.31. The molecule has 20 heavy (non-hydrogen) atoms. The lowest BCUT2D eigenvalue weighted by atomic mass is 10.2. The van der Waals surface area contributed by atoms with E-state index in [9.17, 15) is 4.79 Å². The van der Waals surface area contributed by atoms with Gasteiger partial charge in [0.05, 0.1) is 4.47 Å². The summed E-state index contributed by atoms with van der Waals surface area (Å²) in [4.78, 5) is 14.3. The van der Waals surface area contributed by atoms with Crippen LogP contribution in [0.4, 0.5) is 0 Å². The molecule has 0 aliphatic heterocycles. The number of amides is 1. The number of aryl methyl sites for hydroxylation is 1. The van der Waals surface area contributed by atoms with Crippen LogP contribution >= 0.6 is 15.9 Å². The van der Waals surface area contributed by atoms with Gasteiger partial charge in [-0.2, -0.15) is 0 Å². The lowest BCUT2D eigenvalue weighted by Crippen LogP contribution is -2.48. The minimum Gasteiger partial charge on any atom is -0.480 e. The molecule has 4 heteroatoms. The molecule has 1 aromatic carbocycles. The van der Waals surface area contributed by atoms with E-state index in [1.54, 1.807) is 6.92 Å². The molecule has 0 N–H and O–H groups in total. The molecule has 112 valence electrons. The van der Waals surface area contributed by atoms with E-state index in [0.717, 1.165) is 10.0 Å². The molecule has 1 aromatic rings. The van der Waals surface area contributed by atoms with E-state index in [1.807, 2.05) is 57.7 Å². The Balaban J connectivity index is 2.84. The fraction of sp³-hybridized carbons (Fsp3) is 0.562. The highest BCUT2D eigenvalue weighted by atomic mass is 79.9. The van der Waals surface area contributed by atoms with Crippen molar-refractivity contribution in [2.75, 3.05) is 0 Å². The standard InChI is InChI=1S/C16H24BrNO2/c1-10(2)18(11(3)4)16(19)13(6)20-15-8-7-12(5)9-14(15)17/h7-11,13H,1-6H3. The molecule has 0 heterocycles. The van der Waals surface area contributed by atoms with Gasteiger partial charge in [-0.3, -0.25) is 4.79 Å². The largest absolute Gasteiger partial charge is 0.480 e. The van der Waals surface area contributed by atoms with Crippen LogP contribution in [0.3, 0.4) is 0 Å². The third-order valence-corrected chi connectivity index (χ3v) is 3.73. The average molecular weight is 342 g/mol. The van der Waals surface area contributed by atoms with E-state index in [2.05, 4.69) is 15.9 Å². The summed E-state index contributed by atoms with van der Waals surface area (Å²) in [5.41, 5.74) is 1.15. The number of halogens is 1. The summed E-state index contributed by atoms with van der Waals surface area (Å²) < 4.78 is 6.68. The Hall–Kier alpha value is -1.03. The van der Waals surface area contributed by atoms with E-state index >= 15 is 0 Å². The molecule has 0 aromatic heterocycles. The van der Waals surface area contributed by atoms with Crippen molar-refractivity contribution in [1.82, 2.24) is 4.90 Å². The summed E-state index contributed by atoms with van der Waals surface area (Å²) >= 11 is 3.47. The van der Waals surface area contributed by atoms with Crippen LogP contribution in [0.1, 0.15) is 40.2 Å². The normalized spacial score (nSPS) is 12.7. The van der Waals surface area contributed by atoms with E-state index in [4.69, 9.17) is 4.74 Å². The van der Waals surface area contributed by atoms with Crippen LogP contribution in [0.15, 0.2) is 22.7 Å². The van der Waals surface area contributed by atoms with Crippen LogP contribution in [-0.2, 0) is 4.79 Å². The van der Waals surface area contributed by atoms with E-state index in [-0.39, 0.29) is 18.0 Å². The van der Waals surface area contributed by atoms with Gasteiger partial charge in [0, 0.05) is 12.1 Å². The Kier molecular flexibility index (Phi) is 6.06. The Morgan fingerprint density at radius 1 is 1.15 bits per heavy atom. The molecular weight excluding hydrogens is 318 g/mol. The molecule has 0 saturated carbocycles. The lowest BCUT2D eigenvalue weighted by molar-refractivity contribution is -0.141. The molecule has 1 unspecified atom stereocenters. The second-order valence-corrected chi connectivity index (χ2v) is 6.48. The van der Waals surface area contributed by atoms with Gasteiger partial charge in [-0.05, 0) is 75.2 Å². The Bertz CT molecular complexity index is 464. The van der Waals surface area contributed by atoms with Crippen molar-refractivity contribution in [1.29, 1.82) is 0 Å². The highest BCUT2D eigenvalue weighted by molar-refractivity contribution is 9.10. The highest BCUT2D eigenvalue weighted by Gasteiger charge is 2.26. The maximum atomic E-state index is 12.5. The van der Waals surface area contributed by atoms with Crippen LogP contribution in [0, 0.1) is 6.92 Å². The number of nitrogens with zero attached hydrogens (tertiary/aromatic N) is 1. The summed E-state index contributed by atoms with van der Waals surface area (Å²) in [5.74, 6) is 0.714. The van der Waals surface area contributed by atoms with Crippen molar-refractivity contribution in [3.8, 4) is 5.75 Å². The van der Waals surface area contributed by atoms with Crippen molar-refractivity contribution in [3.63, 3.8) is 0 Å². The number of carbonyl (C=O) groups excluding carboxylic acids is 1. The zero-order chi connectivity index (χ0) is 15.4. The number of hydrogen-bond acceptors (Lipinski definition) is 2. The van der Waals surface area contributed by atoms with Crippen LogP contribution in [0.25, 0.3) is 0 Å². The van der Waals surface area contributed by atoms with Gasteiger partial charge in [-0.25, -0.2) is 0 Å². The predicted molar refractivity (Wildman–Crippen MR) is 86.1 cm³/mol. The fourth-order valence-corrected chi connectivity index (χ4v) is 2.84. The first-order valence-electron chi connectivity index (χ1n) is 6.99. The summed E-state index contributed by atoms with van der Waals surface area (Å²) in [5, 5.41) is 0. The van der Waals surface area contributed by atoms with Crippen LogP contribution in [0.5, 0.6) is 5.75 Å². The first-order chi connectivity index (χ1) is 9.23. The van der Waals surface area contributed by atoms with Crippen LogP contribution in [0.2, 0.25) is 0 Å². The first kappa shape index (κ1) is 17.0. The summed E-state index contributed by atoms with van der Waals surface area (Å²) in [6, 6.07) is 6.16. The second-order valence-electron chi connectivity index (χ2n) is 5.63. The Morgan fingerprint density at radius 2 is 1.70 bits per heavy atom. The van der Waals surface area contributed by atoms with Crippen LogP contribution < -0.4 is 4.74 Å². The number of carbonyl (C=O) groups is 1. The zero-order valence-corrected chi connectivity index (χ0v) is 14.7.